The number of hydrogen-bond donors (Lipinski definition) is 0. The maximum atomic E-state index is 11.3. The van der Waals surface area contributed by atoms with E-state index in [1.165, 1.54) is 0 Å². The summed E-state index contributed by atoms with van der Waals surface area (Å²) < 4.78 is 48.1. The molecule has 0 spiro atoms. The minimum absolute atomic E-state index is 0.331. The van der Waals surface area contributed by atoms with Crippen LogP contribution in [0.3, 0.4) is 0 Å². The van der Waals surface area contributed by atoms with Gasteiger partial charge in [0.15, 0.2) is 0 Å². The fraction of sp³-hybridized carbons (Fsp3) is 1.00. The molecule has 0 aliphatic heterocycles. The Morgan fingerprint density at radius 3 is 1.27 bits per heavy atom. The highest BCUT2D eigenvalue weighted by atomic mass is 32.2. The first-order valence-electron chi connectivity index (χ1n) is 8.04. The zero-order chi connectivity index (χ0) is 17.5. The molecule has 0 rings (SSSR count). The molecule has 0 unspecified atom stereocenters. The van der Waals surface area contributed by atoms with Gasteiger partial charge in [-0.05, 0) is 33.6 Å². The topological polar surface area (TPSA) is 78.9 Å². The van der Waals surface area contributed by atoms with Crippen molar-refractivity contribution in [2.75, 3.05) is 31.3 Å². The second-order valence-corrected chi connectivity index (χ2v) is 8.53. The van der Waals surface area contributed by atoms with E-state index in [4.69, 9.17) is 13.6 Å². The molecule has 22 heavy (non-hydrogen) atoms. The van der Waals surface area contributed by atoms with Crippen LogP contribution in [0.1, 0.15) is 60.3 Å². The van der Waals surface area contributed by atoms with Crippen molar-refractivity contribution < 1.29 is 26.6 Å². The highest BCUT2D eigenvalue weighted by Crippen LogP contribution is 2.48. The van der Waals surface area contributed by atoms with E-state index in [-0.39, 0.29) is 0 Å². The van der Waals surface area contributed by atoms with Crippen LogP contribution in [-0.4, -0.2) is 39.7 Å². The van der Waals surface area contributed by atoms with Crippen LogP contribution < -0.4 is 0 Å². The number of rotatable bonds is 12. The SMILES string of the molecule is CCCCS(=O)(=O)CCCC.CCOP(=O)(OCC)OCC. The highest BCUT2D eigenvalue weighted by Gasteiger charge is 2.23. The third-order valence-corrected chi connectivity index (χ3v) is 6.02. The molecular formula is C14H33O6PS. The Kier molecular flexibility index (Phi) is 16.2. The molecular weight excluding hydrogens is 327 g/mol. The van der Waals surface area contributed by atoms with Crippen LogP contribution in [0.5, 0.6) is 0 Å². The summed E-state index contributed by atoms with van der Waals surface area (Å²) in [4.78, 5) is 0. The van der Waals surface area contributed by atoms with E-state index in [2.05, 4.69) is 0 Å². The van der Waals surface area contributed by atoms with Gasteiger partial charge in [0, 0.05) is 0 Å². The van der Waals surface area contributed by atoms with Gasteiger partial charge in [-0.15, -0.1) is 0 Å². The summed E-state index contributed by atoms with van der Waals surface area (Å²) in [5.74, 6) is 0.757. The molecule has 136 valence electrons. The van der Waals surface area contributed by atoms with Crippen molar-refractivity contribution in [2.45, 2.75) is 60.3 Å². The summed E-state index contributed by atoms with van der Waals surface area (Å²) in [6.07, 6.45) is 3.55. The molecule has 0 radical (unpaired) electrons. The number of phosphoric ester groups is 1. The molecule has 0 N–H and O–H groups in total. The Morgan fingerprint density at radius 2 is 1.05 bits per heavy atom. The van der Waals surface area contributed by atoms with Crippen molar-refractivity contribution in [1.29, 1.82) is 0 Å². The largest absolute Gasteiger partial charge is 0.474 e. The summed E-state index contributed by atoms with van der Waals surface area (Å²) in [7, 11) is -5.93. The fourth-order valence-electron chi connectivity index (χ4n) is 1.42. The smallest absolute Gasteiger partial charge is 0.287 e. The second-order valence-electron chi connectivity index (χ2n) is 4.56. The average Bonchev–Trinajstić information content (AvgIpc) is 2.44. The maximum absolute atomic E-state index is 11.3. The van der Waals surface area contributed by atoms with E-state index < -0.39 is 17.7 Å². The molecule has 6 nitrogen and oxygen atoms in total. The Labute approximate surface area is 136 Å². The molecule has 0 aliphatic carbocycles. The standard InChI is InChI=1S/C8H18O2S.C6H15O4P/c1-3-5-7-11(9,10)8-6-4-2;1-4-8-11(7,9-5-2)10-6-3/h3-8H2,1-2H3;4-6H2,1-3H3. The van der Waals surface area contributed by atoms with E-state index in [0.29, 0.717) is 31.3 Å². The molecule has 0 aromatic heterocycles. The lowest BCUT2D eigenvalue weighted by Crippen LogP contribution is -2.10. The zero-order valence-corrected chi connectivity index (χ0v) is 16.4. The molecule has 0 aliphatic rings. The quantitative estimate of drug-likeness (QED) is 0.485. The van der Waals surface area contributed by atoms with Crippen LogP contribution in [-0.2, 0) is 28.0 Å². The summed E-state index contributed by atoms with van der Waals surface area (Å²) in [6.45, 7) is 10.2. The molecule has 0 amide bonds. The van der Waals surface area contributed by atoms with Gasteiger partial charge < -0.3 is 0 Å². The predicted octanol–water partition coefficient (Wildman–Crippen LogP) is 4.21. The van der Waals surface area contributed by atoms with E-state index in [0.717, 1.165) is 25.7 Å². The van der Waals surface area contributed by atoms with Crippen molar-refractivity contribution in [1.82, 2.24) is 0 Å². The van der Waals surface area contributed by atoms with Gasteiger partial charge in [0.25, 0.3) is 0 Å². The highest BCUT2D eigenvalue weighted by molar-refractivity contribution is 7.91. The minimum atomic E-state index is -3.22. The summed E-state index contributed by atoms with van der Waals surface area (Å²) in [5, 5.41) is 0. The van der Waals surface area contributed by atoms with Crippen molar-refractivity contribution >= 4 is 17.7 Å². The van der Waals surface area contributed by atoms with Crippen LogP contribution in [0, 0.1) is 0 Å². The van der Waals surface area contributed by atoms with Gasteiger partial charge in [-0.2, -0.15) is 0 Å². The molecule has 0 saturated carbocycles. The lowest BCUT2D eigenvalue weighted by Gasteiger charge is -2.14. The molecule has 8 heteroatoms. The molecule has 0 saturated heterocycles. The summed E-state index contributed by atoms with van der Waals surface area (Å²) in [6, 6.07) is 0. The molecule has 0 atom stereocenters. The van der Waals surface area contributed by atoms with E-state index in [1.54, 1.807) is 20.8 Å². The second kappa shape index (κ2) is 14.6. The van der Waals surface area contributed by atoms with Crippen LogP contribution >= 0.6 is 7.82 Å². The van der Waals surface area contributed by atoms with Gasteiger partial charge in [0.2, 0.25) is 0 Å². The van der Waals surface area contributed by atoms with Crippen molar-refractivity contribution in [3.05, 3.63) is 0 Å². The average molecular weight is 360 g/mol. The molecule has 0 heterocycles. The zero-order valence-electron chi connectivity index (χ0n) is 14.7. The van der Waals surface area contributed by atoms with E-state index in [1.807, 2.05) is 13.8 Å². The van der Waals surface area contributed by atoms with Gasteiger partial charge >= 0.3 is 7.82 Å². The first-order valence-corrected chi connectivity index (χ1v) is 11.3. The van der Waals surface area contributed by atoms with Gasteiger partial charge in [-0.3, -0.25) is 13.6 Å². The van der Waals surface area contributed by atoms with E-state index in [9.17, 15) is 13.0 Å². The minimum Gasteiger partial charge on any atom is -0.287 e. The van der Waals surface area contributed by atoms with Crippen LogP contribution in [0.25, 0.3) is 0 Å². The third kappa shape index (κ3) is 15.0. The Hall–Kier alpha value is 0.0600. The van der Waals surface area contributed by atoms with Gasteiger partial charge in [0.1, 0.15) is 9.84 Å². The van der Waals surface area contributed by atoms with Gasteiger partial charge in [0.05, 0.1) is 31.3 Å². The van der Waals surface area contributed by atoms with Gasteiger partial charge in [-0.1, -0.05) is 26.7 Å². The van der Waals surface area contributed by atoms with Crippen molar-refractivity contribution in [3.8, 4) is 0 Å². The Balaban J connectivity index is 0. The van der Waals surface area contributed by atoms with E-state index >= 15 is 0 Å². The maximum Gasteiger partial charge on any atom is 0.474 e. The Bertz CT molecular complexity index is 345. The number of sulfone groups is 1. The number of unbranched alkanes of at least 4 members (excludes halogenated alkanes) is 2. The fourth-order valence-corrected chi connectivity index (χ4v) is 4.25. The summed E-state index contributed by atoms with van der Waals surface area (Å²) in [5.41, 5.74) is 0. The lowest BCUT2D eigenvalue weighted by atomic mass is 10.4. The predicted molar refractivity (Wildman–Crippen MR) is 91.0 cm³/mol. The monoisotopic (exact) mass is 360 g/mol. The lowest BCUT2D eigenvalue weighted by molar-refractivity contribution is 0.126. The Morgan fingerprint density at radius 1 is 0.727 bits per heavy atom. The first-order chi connectivity index (χ1) is 10.3. The van der Waals surface area contributed by atoms with Gasteiger partial charge in [-0.25, -0.2) is 13.0 Å². The molecule has 0 aromatic rings. The number of hydrogen-bond acceptors (Lipinski definition) is 6. The normalized spacial score (nSPS) is 11.9. The molecule has 0 fully saturated rings. The van der Waals surface area contributed by atoms with Crippen LogP contribution in [0.2, 0.25) is 0 Å². The molecule has 0 aromatic carbocycles. The van der Waals surface area contributed by atoms with Crippen LogP contribution in [0.4, 0.5) is 0 Å². The summed E-state index contributed by atoms with van der Waals surface area (Å²) >= 11 is 0. The van der Waals surface area contributed by atoms with Crippen molar-refractivity contribution in [2.24, 2.45) is 0 Å². The molecule has 0 bridgehead atoms. The third-order valence-electron chi connectivity index (χ3n) is 2.48. The number of phosphoric acid groups is 1. The first kappa shape index (κ1) is 24.3. The van der Waals surface area contributed by atoms with Crippen LogP contribution in [0.15, 0.2) is 0 Å². The van der Waals surface area contributed by atoms with Crippen molar-refractivity contribution in [3.63, 3.8) is 0 Å².